The quantitative estimate of drug-likeness (QED) is 0.849. The van der Waals surface area contributed by atoms with Crippen molar-refractivity contribution in [2.45, 2.75) is 6.92 Å². The molecule has 5 heteroatoms. The molecule has 4 nitrogen and oxygen atoms in total. The van der Waals surface area contributed by atoms with Gasteiger partial charge in [0.25, 0.3) is 0 Å². The third-order valence-corrected chi connectivity index (χ3v) is 3.83. The Labute approximate surface area is 107 Å². The first kappa shape index (κ1) is 12.5. The van der Waals surface area contributed by atoms with Crippen molar-refractivity contribution in [2.24, 2.45) is 0 Å². The van der Waals surface area contributed by atoms with E-state index in [-0.39, 0.29) is 0 Å². The molecule has 0 saturated carbocycles. The van der Waals surface area contributed by atoms with E-state index in [1.54, 1.807) is 0 Å². The first-order valence-corrected chi connectivity index (χ1v) is 7.18. The maximum atomic E-state index is 5.87. The van der Waals surface area contributed by atoms with Crippen molar-refractivity contribution in [1.82, 2.24) is 9.88 Å². The number of aromatic nitrogens is 1. The van der Waals surface area contributed by atoms with Crippen LogP contribution in [0.15, 0.2) is 12.1 Å². The highest BCUT2D eigenvalue weighted by Crippen LogP contribution is 2.15. The van der Waals surface area contributed by atoms with Gasteiger partial charge in [0.2, 0.25) is 0 Å². The van der Waals surface area contributed by atoms with Crippen molar-refractivity contribution in [1.29, 1.82) is 0 Å². The minimum atomic E-state index is 0.727. The molecule has 2 heterocycles. The van der Waals surface area contributed by atoms with Crippen LogP contribution in [0.1, 0.15) is 5.69 Å². The number of nitrogen functional groups attached to an aromatic ring is 1. The number of nitrogens with zero attached hydrogens (tertiary/aromatic N) is 2. The Hall–Kier alpha value is -0.940. The average molecular weight is 252 g/mol. The summed E-state index contributed by atoms with van der Waals surface area (Å²) >= 11 is 2.04. The molecular formula is C12H20N4S. The number of anilines is 2. The molecule has 1 aliphatic rings. The Balaban J connectivity index is 1.79. The minimum Gasteiger partial charge on any atom is -0.396 e. The molecule has 3 N–H and O–H groups in total. The Morgan fingerprint density at radius 3 is 2.94 bits per heavy atom. The highest BCUT2D eigenvalue weighted by molar-refractivity contribution is 7.99. The molecule has 0 aliphatic carbocycles. The number of aryl methyl sites for hydroxylation is 1. The summed E-state index contributed by atoms with van der Waals surface area (Å²) in [5.74, 6) is 3.33. The Morgan fingerprint density at radius 1 is 1.41 bits per heavy atom. The van der Waals surface area contributed by atoms with Gasteiger partial charge >= 0.3 is 0 Å². The highest BCUT2D eigenvalue weighted by atomic mass is 32.2. The van der Waals surface area contributed by atoms with Crippen molar-refractivity contribution in [2.75, 3.05) is 48.7 Å². The maximum absolute atomic E-state index is 5.87. The first-order valence-electron chi connectivity index (χ1n) is 6.03. The number of nitrogens with two attached hydrogens (primary N) is 1. The predicted molar refractivity (Wildman–Crippen MR) is 75.6 cm³/mol. The molecule has 94 valence electrons. The van der Waals surface area contributed by atoms with Gasteiger partial charge in [-0.25, -0.2) is 4.98 Å². The van der Waals surface area contributed by atoms with Gasteiger partial charge < -0.3 is 11.1 Å². The standard InChI is InChI=1S/C12H20N4S/c1-10-2-3-11(13)12(15-10)14-4-5-16-6-8-17-9-7-16/h2-3H,4-9,13H2,1H3,(H,14,15). The summed E-state index contributed by atoms with van der Waals surface area (Å²) in [6.07, 6.45) is 0. The smallest absolute Gasteiger partial charge is 0.149 e. The van der Waals surface area contributed by atoms with E-state index >= 15 is 0 Å². The van der Waals surface area contributed by atoms with Crippen LogP contribution in [-0.4, -0.2) is 47.6 Å². The third-order valence-electron chi connectivity index (χ3n) is 2.89. The van der Waals surface area contributed by atoms with Gasteiger partial charge in [0, 0.05) is 43.4 Å². The van der Waals surface area contributed by atoms with Crippen molar-refractivity contribution >= 4 is 23.3 Å². The largest absolute Gasteiger partial charge is 0.396 e. The lowest BCUT2D eigenvalue weighted by Crippen LogP contribution is -2.36. The fourth-order valence-corrected chi connectivity index (χ4v) is 2.84. The van der Waals surface area contributed by atoms with Gasteiger partial charge in [-0.2, -0.15) is 11.8 Å². The van der Waals surface area contributed by atoms with Crippen LogP contribution in [0.5, 0.6) is 0 Å². The summed E-state index contributed by atoms with van der Waals surface area (Å²) in [6, 6.07) is 3.84. The zero-order chi connectivity index (χ0) is 12.1. The van der Waals surface area contributed by atoms with Crippen LogP contribution >= 0.6 is 11.8 Å². The van der Waals surface area contributed by atoms with Gasteiger partial charge in [0.15, 0.2) is 0 Å². The van der Waals surface area contributed by atoms with Gasteiger partial charge in [-0.1, -0.05) is 0 Å². The van der Waals surface area contributed by atoms with Gasteiger partial charge in [0.05, 0.1) is 5.69 Å². The van der Waals surface area contributed by atoms with Crippen molar-refractivity contribution in [3.05, 3.63) is 17.8 Å². The SMILES string of the molecule is Cc1ccc(N)c(NCCN2CCSCC2)n1. The van der Waals surface area contributed by atoms with E-state index in [0.717, 1.165) is 30.3 Å². The van der Waals surface area contributed by atoms with Crippen LogP contribution in [-0.2, 0) is 0 Å². The first-order chi connectivity index (χ1) is 8.25. The van der Waals surface area contributed by atoms with E-state index in [1.165, 1.54) is 24.6 Å². The molecule has 1 aromatic heterocycles. The van der Waals surface area contributed by atoms with E-state index in [2.05, 4.69) is 15.2 Å². The Bertz CT molecular complexity index is 364. The fraction of sp³-hybridized carbons (Fsp3) is 0.583. The highest BCUT2D eigenvalue weighted by Gasteiger charge is 2.09. The topological polar surface area (TPSA) is 54.2 Å². The van der Waals surface area contributed by atoms with Crippen LogP contribution < -0.4 is 11.1 Å². The summed E-state index contributed by atoms with van der Waals surface area (Å²) in [6.45, 7) is 6.35. The number of nitrogens with one attached hydrogen (secondary N) is 1. The summed E-state index contributed by atoms with van der Waals surface area (Å²) in [4.78, 5) is 6.88. The summed E-state index contributed by atoms with van der Waals surface area (Å²) in [5.41, 5.74) is 7.59. The maximum Gasteiger partial charge on any atom is 0.149 e. The number of rotatable bonds is 4. The number of hydrogen-bond donors (Lipinski definition) is 2. The monoisotopic (exact) mass is 252 g/mol. The van der Waals surface area contributed by atoms with Crippen molar-refractivity contribution < 1.29 is 0 Å². The molecule has 0 amide bonds. The molecule has 17 heavy (non-hydrogen) atoms. The van der Waals surface area contributed by atoms with Crippen LogP contribution in [0.2, 0.25) is 0 Å². The van der Waals surface area contributed by atoms with E-state index in [9.17, 15) is 0 Å². The molecule has 0 atom stereocenters. The van der Waals surface area contributed by atoms with E-state index < -0.39 is 0 Å². The van der Waals surface area contributed by atoms with Crippen LogP contribution in [0.25, 0.3) is 0 Å². The van der Waals surface area contributed by atoms with Gasteiger partial charge in [-0.05, 0) is 19.1 Å². The van der Waals surface area contributed by atoms with E-state index in [1.807, 2.05) is 30.8 Å². The van der Waals surface area contributed by atoms with E-state index in [4.69, 9.17) is 5.73 Å². The molecule has 1 aromatic rings. The molecule has 1 saturated heterocycles. The normalized spacial score (nSPS) is 17.0. The second-order valence-electron chi connectivity index (χ2n) is 4.27. The minimum absolute atomic E-state index is 0.727. The Morgan fingerprint density at radius 2 is 2.18 bits per heavy atom. The van der Waals surface area contributed by atoms with Gasteiger partial charge in [-0.15, -0.1) is 0 Å². The van der Waals surface area contributed by atoms with Gasteiger partial charge in [-0.3, -0.25) is 4.90 Å². The molecule has 0 radical (unpaired) electrons. The molecule has 0 bridgehead atoms. The molecule has 0 spiro atoms. The number of hydrogen-bond acceptors (Lipinski definition) is 5. The molecule has 0 aromatic carbocycles. The molecule has 1 fully saturated rings. The van der Waals surface area contributed by atoms with Crippen LogP contribution in [0, 0.1) is 6.92 Å². The number of pyridine rings is 1. The second-order valence-corrected chi connectivity index (χ2v) is 5.50. The van der Waals surface area contributed by atoms with E-state index in [0.29, 0.717) is 0 Å². The van der Waals surface area contributed by atoms with Crippen LogP contribution in [0.4, 0.5) is 11.5 Å². The molecule has 0 unspecified atom stereocenters. The summed E-state index contributed by atoms with van der Waals surface area (Å²) in [5, 5.41) is 3.32. The predicted octanol–water partition coefficient (Wildman–Crippen LogP) is 1.43. The lowest BCUT2D eigenvalue weighted by molar-refractivity contribution is 0.314. The second kappa shape index (κ2) is 6.12. The zero-order valence-electron chi connectivity index (χ0n) is 10.3. The van der Waals surface area contributed by atoms with Gasteiger partial charge in [0.1, 0.15) is 5.82 Å². The Kier molecular flexibility index (Phi) is 4.50. The molecule has 2 rings (SSSR count). The van der Waals surface area contributed by atoms with Crippen molar-refractivity contribution in [3.8, 4) is 0 Å². The summed E-state index contributed by atoms with van der Waals surface area (Å²) < 4.78 is 0. The fourth-order valence-electron chi connectivity index (χ4n) is 1.87. The zero-order valence-corrected chi connectivity index (χ0v) is 11.1. The average Bonchev–Trinajstić information content (AvgIpc) is 2.35. The lowest BCUT2D eigenvalue weighted by Gasteiger charge is -2.26. The van der Waals surface area contributed by atoms with Crippen molar-refractivity contribution in [3.63, 3.8) is 0 Å². The summed E-state index contributed by atoms with van der Waals surface area (Å²) in [7, 11) is 0. The molecular weight excluding hydrogens is 232 g/mol. The van der Waals surface area contributed by atoms with Crippen LogP contribution in [0.3, 0.4) is 0 Å². The molecule has 1 aliphatic heterocycles. The number of thioether (sulfide) groups is 1. The lowest BCUT2D eigenvalue weighted by atomic mass is 10.3. The third kappa shape index (κ3) is 3.78.